The summed E-state index contributed by atoms with van der Waals surface area (Å²) >= 11 is 0. The summed E-state index contributed by atoms with van der Waals surface area (Å²) in [6.45, 7) is 8.62. The number of carbonyl (C=O) groups is 1. The van der Waals surface area contributed by atoms with Gasteiger partial charge in [0.1, 0.15) is 17.8 Å². The molecular weight excluding hydrogens is 320 g/mol. The number of hydrogen-bond acceptors (Lipinski definition) is 5. The first-order valence-electron chi connectivity index (χ1n) is 9.67. The summed E-state index contributed by atoms with van der Waals surface area (Å²) in [5.41, 5.74) is 1.40. The lowest BCUT2D eigenvalue weighted by atomic mass is 9.43. The van der Waals surface area contributed by atoms with E-state index >= 15 is 0 Å². The zero-order chi connectivity index (χ0) is 17.6. The molecule has 8 atom stereocenters. The van der Waals surface area contributed by atoms with Crippen LogP contribution in [-0.2, 0) is 19.0 Å². The third kappa shape index (κ3) is 1.39. The van der Waals surface area contributed by atoms with E-state index in [0.717, 1.165) is 31.3 Å². The maximum absolute atomic E-state index is 12.2. The molecule has 0 amide bonds. The molecule has 1 N–H and O–H groups in total. The highest BCUT2D eigenvalue weighted by molar-refractivity contribution is 5.93. The Morgan fingerprint density at radius 2 is 1.88 bits per heavy atom. The molecule has 5 heteroatoms. The summed E-state index contributed by atoms with van der Waals surface area (Å²) in [5.74, 6) is -0.420. The van der Waals surface area contributed by atoms with Crippen LogP contribution in [0.15, 0.2) is 11.1 Å². The van der Waals surface area contributed by atoms with Crippen LogP contribution in [0, 0.1) is 22.7 Å². The second-order valence-corrected chi connectivity index (χ2v) is 10.0. The van der Waals surface area contributed by atoms with Crippen molar-refractivity contribution in [2.45, 2.75) is 83.1 Å². The van der Waals surface area contributed by atoms with Crippen molar-refractivity contribution in [1.29, 1.82) is 0 Å². The summed E-state index contributed by atoms with van der Waals surface area (Å²) in [4.78, 5) is 12.2. The Balaban J connectivity index is 1.48. The van der Waals surface area contributed by atoms with Crippen LogP contribution < -0.4 is 0 Å². The van der Waals surface area contributed by atoms with Crippen molar-refractivity contribution in [2.24, 2.45) is 22.7 Å². The van der Waals surface area contributed by atoms with Gasteiger partial charge in [0, 0.05) is 17.1 Å². The van der Waals surface area contributed by atoms with Crippen molar-refractivity contribution < 1.29 is 24.1 Å². The quantitative estimate of drug-likeness (QED) is 0.538. The molecule has 6 rings (SSSR count). The number of aliphatic hydroxyl groups is 1. The highest BCUT2D eigenvalue weighted by Crippen LogP contribution is 2.77. The first-order valence-corrected chi connectivity index (χ1v) is 9.67. The van der Waals surface area contributed by atoms with Gasteiger partial charge in [-0.25, -0.2) is 4.79 Å². The summed E-state index contributed by atoms with van der Waals surface area (Å²) in [6.07, 6.45) is 3.49. The molecular formula is C20H26O5. The standard InChI is InChI=1S/C20H26O5/c1-9-12-14-19(23-14)8-5-10-17(2,3)11(21)6-7-18(10,4)13(19)15-20(12,24-15)25-16(9)22/h10-11,13-15,21H,5-8H2,1-4H3/t10-,11+,13+,14-,15+,18-,19+,20+/m1/s1. The van der Waals surface area contributed by atoms with Gasteiger partial charge in [0.25, 0.3) is 5.79 Å². The molecule has 3 aliphatic heterocycles. The number of carbonyl (C=O) groups excluding carboxylic acids is 1. The lowest BCUT2D eigenvalue weighted by molar-refractivity contribution is -0.161. The fraction of sp³-hybridized carbons (Fsp3) is 0.850. The maximum atomic E-state index is 12.2. The van der Waals surface area contributed by atoms with Gasteiger partial charge in [-0.3, -0.25) is 0 Å². The molecule has 2 spiro atoms. The van der Waals surface area contributed by atoms with Crippen LogP contribution in [0.1, 0.15) is 53.4 Å². The Morgan fingerprint density at radius 3 is 2.64 bits per heavy atom. The van der Waals surface area contributed by atoms with Crippen LogP contribution in [0.4, 0.5) is 0 Å². The lowest BCUT2D eigenvalue weighted by Gasteiger charge is -2.60. The number of hydrogen-bond donors (Lipinski definition) is 1. The van der Waals surface area contributed by atoms with Gasteiger partial charge < -0.3 is 19.3 Å². The molecule has 5 nitrogen and oxygen atoms in total. The second-order valence-electron chi connectivity index (χ2n) is 10.0. The van der Waals surface area contributed by atoms with Crippen LogP contribution in [0.3, 0.4) is 0 Å². The van der Waals surface area contributed by atoms with Crippen LogP contribution in [0.5, 0.6) is 0 Å². The van der Waals surface area contributed by atoms with Crippen molar-refractivity contribution in [3.05, 3.63) is 11.1 Å². The predicted molar refractivity (Wildman–Crippen MR) is 87.3 cm³/mol. The molecule has 0 aromatic carbocycles. The van der Waals surface area contributed by atoms with E-state index in [0.29, 0.717) is 11.5 Å². The third-order valence-corrected chi connectivity index (χ3v) is 8.81. The fourth-order valence-corrected chi connectivity index (χ4v) is 7.51. The number of ether oxygens (including phenoxy) is 3. The average molecular weight is 346 g/mol. The minimum atomic E-state index is -0.832. The molecule has 0 unspecified atom stereocenters. The maximum Gasteiger partial charge on any atom is 0.336 e. The summed E-state index contributed by atoms with van der Waals surface area (Å²) < 4.78 is 18.3. The van der Waals surface area contributed by atoms with E-state index in [1.807, 2.05) is 6.92 Å². The van der Waals surface area contributed by atoms with E-state index < -0.39 is 5.79 Å². The molecule has 3 saturated carbocycles. The number of fused-ring (bicyclic) bond motifs is 4. The Morgan fingerprint density at radius 1 is 1.12 bits per heavy atom. The summed E-state index contributed by atoms with van der Waals surface area (Å²) in [6, 6.07) is 0. The van der Waals surface area contributed by atoms with Crippen molar-refractivity contribution in [3.8, 4) is 0 Å². The third-order valence-electron chi connectivity index (χ3n) is 8.81. The van der Waals surface area contributed by atoms with E-state index in [4.69, 9.17) is 14.2 Å². The number of rotatable bonds is 0. The van der Waals surface area contributed by atoms with E-state index in [9.17, 15) is 9.90 Å². The predicted octanol–water partition coefficient (Wildman–Crippen LogP) is 2.32. The van der Waals surface area contributed by atoms with Crippen LogP contribution in [0.2, 0.25) is 0 Å². The van der Waals surface area contributed by atoms with Crippen LogP contribution >= 0.6 is 0 Å². The SMILES string of the molecule is CC1=C2[C@H]3O[C@]34CC[C@@H]3C(C)(C)[C@@H](O)CC[C@@]3(C)[C@@H]4[C@@H]3O[C@]23OC1=O. The van der Waals surface area contributed by atoms with Gasteiger partial charge >= 0.3 is 5.97 Å². The van der Waals surface area contributed by atoms with Gasteiger partial charge in [0.15, 0.2) is 0 Å². The molecule has 6 aliphatic rings. The normalized spacial score (nSPS) is 59.9. The number of esters is 1. The van der Waals surface area contributed by atoms with Crippen molar-refractivity contribution in [3.63, 3.8) is 0 Å². The first kappa shape index (κ1) is 15.2. The molecule has 25 heavy (non-hydrogen) atoms. The van der Waals surface area contributed by atoms with Crippen molar-refractivity contribution >= 4 is 5.97 Å². The molecule has 5 fully saturated rings. The zero-order valence-electron chi connectivity index (χ0n) is 15.3. The van der Waals surface area contributed by atoms with Crippen LogP contribution in [-0.4, -0.2) is 40.8 Å². The van der Waals surface area contributed by atoms with Gasteiger partial charge in [0.2, 0.25) is 0 Å². The minimum absolute atomic E-state index is 0.0181. The van der Waals surface area contributed by atoms with Crippen molar-refractivity contribution in [1.82, 2.24) is 0 Å². The fourth-order valence-electron chi connectivity index (χ4n) is 7.51. The number of epoxide rings is 2. The van der Waals surface area contributed by atoms with E-state index in [2.05, 4.69) is 20.8 Å². The molecule has 3 aliphatic carbocycles. The molecule has 2 saturated heterocycles. The van der Waals surface area contributed by atoms with Gasteiger partial charge in [-0.15, -0.1) is 0 Å². The van der Waals surface area contributed by atoms with Crippen LogP contribution in [0.25, 0.3) is 0 Å². The molecule has 0 aromatic rings. The highest BCUT2D eigenvalue weighted by atomic mass is 16.8. The molecule has 136 valence electrons. The topological polar surface area (TPSA) is 71.6 Å². The Kier molecular flexibility index (Phi) is 2.34. The molecule has 0 radical (unpaired) electrons. The number of aliphatic hydroxyl groups excluding tert-OH is 1. The second kappa shape index (κ2) is 3.85. The molecule has 3 heterocycles. The van der Waals surface area contributed by atoms with E-state index in [1.165, 1.54) is 0 Å². The molecule has 0 bridgehead atoms. The Labute approximate surface area is 147 Å². The zero-order valence-corrected chi connectivity index (χ0v) is 15.3. The summed E-state index contributed by atoms with van der Waals surface area (Å²) in [7, 11) is 0. The minimum Gasteiger partial charge on any atom is -0.422 e. The smallest absolute Gasteiger partial charge is 0.336 e. The largest absolute Gasteiger partial charge is 0.422 e. The Hall–Kier alpha value is -0.910. The van der Waals surface area contributed by atoms with Gasteiger partial charge in [-0.1, -0.05) is 20.8 Å². The van der Waals surface area contributed by atoms with Gasteiger partial charge in [0.05, 0.1) is 6.10 Å². The van der Waals surface area contributed by atoms with Crippen molar-refractivity contribution in [2.75, 3.05) is 0 Å². The average Bonchev–Trinajstić information content (AvgIpc) is 3.39. The van der Waals surface area contributed by atoms with E-state index in [1.54, 1.807) is 0 Å². The molecule has 0 aromatic heterocycles. The van der Waals surface area contributed by atoms with E-state index in [-0.39, 0.29) is 46.6 Å². The van der Waals surface area contributed by atoms with Gasteiger partial charge in [-0.2, -0.15) is 0 Å². The Bertz CT molecular complexity index is 755. The highest BCUT2D eigenvalue weighted by Gasteiger charge is 2.88. The lowest BCUT2D eigenvalue weighted by Crippen LogP contribution is -2.62. The first-order chi connectivity index (χ1) is 11.7. The summed E-state index contributed by atoms with van der Waals surface area (Å²) in [5, 5.41) is 10.6. The monoisotopic (exact) mass is 346 g/mol. The van der Waals surface area contributed by atoms with Gasteiger partial charge in [-0.05, 0) is 49.4 Å².